The molecule has 0 aliphatic heterocycles. The van der Waals surface area contributed by atoms with Gasteiger partial charge in [0.1, 0.15) is 0 Å². The summed E-state index contributed by atoms with van der Waals surface area (Å²) in [5, 5.41) is 19.1. The van der Waals surface area contributed by atoms with Crippen molar-refractivity contribution in [2.45, 2.75) is 17.8 Å². The lowest BCUT2D eigenvalue weighted by molar-refractivity contribution is 0.616. The van der Waals surface area contributed by atoms with Crippen LogP contribution in [0.3, 0.4) is 0 Å². The maximum absolute atomic E-state index is 9.17. The first kappa shape index (κ1) is 19.2. The summed E-state index contributed by atoms with van der Waals surface area (Å²) < 4.78 is 9.77. The van der Waals surface area contributed by atoms with Gasteiger partial charge in [-0.1, -0.05) is 42.1 Å². The molecule has 0 saturated carbocycles. The van der Waals surface area contributed by atoms with E-state index in [1.165, 1.54) is 0 Å². The summed E-state index contributed by atoms with van der Waals surface area (Å²) in [4.78, 5) is 0. The summed E-state index contributed by atoms with van der Waals surface area (Å²) in [5.74, 6) is 1.45. The minimum atomic E-state index is 0.658. The number of benzene rings is 2. The molecule has 0 bridgehead atoms. The van der Waals surface area contributed by atoms with E-state index in [2.05, 4.69) is 44.5 Å². The van der Waals surface area contributed by atoms with Crippen LogP contribution in [0.2, 0.25) is 0 Å². The number of hydrogen-bond donors (Lipinski definition) is 0. The van der Waals surface area contributed by atoms with Gasteiger partial charge in [-0.25, -0.2) is 0 Å². The topological polar surface area (TPSA) is 72.6 Å². The molecule has 5 rings (SSSR count). The van der Waals surface area contributed by atoms with E-state index in [-0.39, 0.29) is 0 Å². The molecular formula is C24H19N5OS. The third-order valence-corrected chi connectivity index (χ3v) is 6.31. The van der Waals surface area contributed by atoms with Gasteiger partial charge in [0.2, 0.25) is 0 Å². The first-order valence-corrected chi connectivity index (χ1v) is 10.8. The molecule has 3 heterocycles. The van der Waals surface area contributed by atoms with Gasteiger partial charge >= 0.3 is 0 Å². The van der Waals surface area contributed by atoms with Crippen molar-refractivity contribution in [3.8, 4) is 23.3 Å². The fourth-order valence-corrected chi connectivity index (χ4v) is 4.59. The molecule has 0 aliphatic carbocycles. The van der Waals surface area contributed by atoms with Gasteiger partial charge in [-0.3, -0.25) is 4.57 Å². The van der Waals surface area contributed by atoms with Crippen molar-refractivity contribution in [3.05, 3.63) is 83.6 Å². The molecule has 0 unspecified atom stereocenters. The van der Waals surface area contributed by atoms with Crippen molar-refractivity contribution < 1.29 is 4.42 Å². The fraction of sp³-hybridized carbons (Fsp3) is 0.125. The molecule has 5 aromatic rings. The van der Waals surface area contributed by atoms with Gasteiger partial charge in [-0.2, -0.15) is 5.26 Å². The number of nitriles is 1. The number of aromatic nitrogens is 4. The first-order chi connectivity index (χ1) is 15.2. The number of nitrogens with zero attached hydrogens (tertiary/aromatic N) is 5. The largest absolute Gasteiger partial charge is 0.463 e. The molecule has 7 heteroatoms. The molecule has 0 atom stereocenters. The molecule has 31 heavy (non-hydrogen) atoms. The summed E-state index contributed by atoms with van der Waals surface area (Å²) in [6.07, 6.45) is 1.69. The highest BCUT2D eigenvalue weighted by atomic mass is 32.2. The van der Waals surface area contributed by atoms with Crippen LogP contribution in [0.15, 0.2) is 76.5 Å². The van der Waals surface area contributed by atoms with E-state index in [0.717, 1.165) is 44.6 Å². The van der Waals surface area contributed by atoms with Crippen molar-refractivity contribution in [2.75, 3.05) is 0 Å². The van der Waals surface area contributed by atoms with Gasteiger partial charge in [0.25, 0.3) is 0 Å². The Kier molecular flexibility index (Phi) is 4.85. The average Bonchev–Trinajstić information content (AvgIpc) is 3.49. The number of rotatable bonds is 5. The predicted molar refractivity (Wildman–Crippen MR) is 121 cm³/mol. The van der Waals surface area contributed by atoms with E-state index in [1.54, 1.807) is 18.0 Å². The second kappa shape index (κ2) is 7.82. The van der Waals surface area contributed by atoms with Crippen LogP contribution in [0, 0.1) is 18.3 Å². The van der Waals surface area contributed by atoms with Gasteiger partial charge in [-0.05, 0) is 36.2 Å². The number of thioether (sulfide) groups is 1. The Hall–Kier alpha value is -3.76. The Morgan fingerprint density at radius 3 is 2.74 bits per heavy atom. The van der Waals surface area contributed by atoms with Gasteiger partial charge in [0, 0.05) is 24.9 Å². The summed E-state index contributed by atoms with van der Waals surface area (Å²) in [6.45, 7) is 2.08. The van der Waals surface area contributed by atoms with E-state index in [4.69, 9.17) is 4.42 Å². The van der Waals surface area contributed by atoms with Crippen molar-refractivity contribution in [1.82, 2.24) is 19.3 Å². The fourth-order valence-electron chi connectivity index (χ4n) is 3.70. The Morgan fingerprint density at radius 1 is 1.06 bits per heavy atom. The molecule has 0 radical (unpaired) electrons. The number of furan rings is 1. The molecule has 0 N–H and O–H groups in total. The number of hydrogen-bond acceptors (Lipinski definition) is 5. The highest BCUT2D eigenvalue weighted by molar-refractivity contribution is 7.98. The van der Waals surface area contributed by atoms with Crippen LogP contribution in [0.5, 0.6) is 0 Å². The Balaban J connectivity index is 1.60. The molecule has 0 spiro atoms. The van der Waals surface area contributed by atoms with Gasteiger partial charge in [0.15, 0.2) is 16.6 Å². The van der Waals surface area contributed by atoms with Crippen molar-refractivity contribution in [1.29, 1.82) is 5.26 Å². The Labute approximate surface area is 183 Å². The summed E-state index contributed by atoms with van der Waals surface area (Å²) in [5.41, 5.74) is 6.66. The Morgan fingerprint density at radius 2 is 1.94 bits per heavy atom. The van der Waals surface area contributed by atoms with Crippen LogP contribution < -0.4 is 0 Å². The third kappa shape index (κ3) is 3.41. The molecular weight excluding hydrogens is 406 g/mol. The Bertz CT molecular complexity index is 1440. The predicted octanol–water partition coefficient (Wildman–Crippen LogP) is 5.49. The zero-order valence-electron chi connectivity index (χ0n) is 17.1. The van der Waals surface area contributed by atoms with Crippen molar-refractivity contribution in [2.24, 2.45) is 7.05 Å². The molecule has 152 valence electrons. The van der Waals surface area contributed by atoms with Crippen LogP contribution in [0.4, 0.5) is 0 Å². The highest BCUT2D eigenvalue weighted by Gasteiger charge is 2.21. The lowest BCUT2D eigenvalue weighted by Crippen LogP contribution is -2.04. The second-order valence-electron chi connectivity index (χ2n) is 7.29. The highest BCUT2D eigenvalue weighted by Crippen LogP contribution is 2.33. The standard InChI is InChI=1S/C24H19N5OS/c1-16-6-3-4-9-19(16)29-23(21-13-22-20(28(21)2)10-11-30-22)26-27-24(29)31-15-18-8-5-7-17(12-18)14-25/h3-13H,15H2,1-2H3. The summed E-state index contributed by atoms with van der Waals surface area (Å²) in [7, 11) is 2.00. The molecule has 2 aromatic carbocycles. The van der Waals surface area contributed by atoms with E-state index < -0.39 is 0 Å². The van der Waals surface area contributed by atoms with Crippen LogP contribution in [-0.2, 0) is 12.8 Å². The molecule has 0 aliphatic rings. The number of fused-ring (bicyclic) bond motifs is 1. The van der Waals surface area contributed by atoms with E-state index in [1.807, 2.05) is 55.6 Å². The number of aryl methyl sites for hydroxylation is 2. The zero-order chi connectivity index (χ0) is 21.4. The van der Waals surface area contributed by atoms with E-state index in [9.17, 15) is 5.26 Å². The number of para-hydroxylation sites is 1. The molecule has 3 aromatic heterocycles. The van der Waals surface area contributed by atoms with Crippen molar-refractivity contribution in [3.63, 3.8) is 0 Å². The van der Waals surface area contributed by atoms with Crippen LogP contribution >= 0.6 is 11.8 Å². The molecule has 0 saturated heterocycles. The van der Waals surface area contributed by atoms with Gasteiger partial charge in [-0.15, -0.1) is 10.2 Å². The monoisotopic (exact) mass is 425 g/mol. The maximum atomic E-state index is 9.17. The first-order valence-electron chi connectivity index (χ1n) is 9.82. The van der Waals surface area contributed by atoms with Crippen LogP contribution in [0.1, 0.15) is 16.7 Å². The van der Waals surface area contributed by atoms with Gasteiger partial charge < -0.3 is 8.98 Å². The van der Waals surface area contributed by atoms with E-state index >= 15 is 0 Å². The smallest absolute Gasteiger partial charge is 0.196 e. The van der Waals surface area contributed by atoms with Gasteiger partial charge in [0.05, 0.1) is 34.8 Å². The quantitative estimate of drug-likeness (QED) is 0.348. The minimum absolute atomic E-state index is 0.658. The average molecular weight is 426 g/mol. The summed E-state index contributed by atoms with van der Waals surface area (Å²) in [6, 6.07) is 22.0. The van der Waals surface area contributed by atoms with E-state index in [0.29, 0.717) is 11.3 Å². The third-order valence-electron chi connectivity index (χ3n) is 5.31. The van der Waals surface area contributed by atoms with Crippen LogP contribution in [0.25, 0.3) is 28.3 Å². The second-order valence-corrected chi connectivity index (χ2v) is 8.23. The molecule has 0 amide bonds. The summed E-state index contributed by atoms with van der Waals surface area (Å²) >= 11 is 1.60. The zero-order valence-corrected chi connectivity index (χ0v) is 17.9. The molecule has 0 fully saturated rings. The van der Waals surface area contributed by atoms with Crippen LogP contribution in [-0.4, -0.2) is 19.3 Å². The maximum Gasteiger partial charge on any atom is 0.196 e. The minimum Gasteiger partial charge on any atom is -0.463 e. The van der Waals surface area contributed by atoms with Crippen molar-refractivity contribution >= 4 is 22.9 Å². The SMILES string of the molecule is Cc1ccccc1-n1c(SCc2cccc(C#N)c2)nnc1-c1cc2occc2n1C. The normalized spacial score (nSPS) is 11.1. The lowest BCUT2D eigenvalue weighted by atomic mass is 10.2. The molecule has 6 nitrogen and oxygen atoms in total. The lowest BCUT2D eigenvalue weighted by Gasteiger charge is -2.13.